The number of aliphatic hydroxyl groups is 1. The van der Waals surface area contributed by atoms with E-state index in [1.807, 2.05) is 24.3 Å². The molecule has 0 aliphatic carbocycles. The molecular formula is C11H11ClN2O. The lowest BCUT2D eigenvalue weighted by Gasteiger charge is -2.09. The highest BCUT2D eigenvalue weighted by atomic mass is 35.5. The average molecular weight is 223 g/mol. The van der Waals surface area contributed by atoms with Crippen molar-refractivity contribution in [2.45, 2.75) is 12.5 Å². The first-order chi connectivity index (χ1) is 7.27. The third-order valence-electron chi connectivity index (χ3n) is 2.25. The fourth-order valence-electron chi connectivity index (χ4n) is 1.43. The summed E-state index contributed by atoms with van der Waals surface area (Å²) in [6, 6.07) is 7.49. The zero-order valence-corrected chi connectivity index (χ0v) is 8.78. The molecule has 2 rings (SSSR count). The van der Waals surface area contributed by atoms with Crippen molar-refractivity contribution >= 4 is 11.6 Å². The fourth-order valence-corrected chi connectivity index (χ4v) is 1.64. The summed E-state index contributed by atoms with van der Waals surface area (Å²) in [6.07, 6.45) is 3.06. The lowest BCUT2D eigenvalue weighted by atomic mass is 10.1. The molecule has 4 heteroatoms. The van der Waals surface area contributed by atoms with E-state index in [0.717, 1.165) is 5.56 Å². The third-order valence-corrected chi connectivity index (χ3v) is 2.62. The second kappa shape index (κ2) is 4.47. The zero-order valence-electron chi connectivity index (χ0n) is 8.02. The van der Waals surface area contributed by atoms with E-state index in [1.165, 1.54) is 0 Å². The SMILES string of the molecule is OC(Cc1ccccc1Cl)c1cnc[nH]1. The van der Waals surface area contributed by atoms with Gasteiger partial charge in [-0.05, 0) is 11.6 Å². The van der Waals surface area contributed by atoms with Crippen molar-refractivity contribution in [1.82, 2.24) is 9.97 Å². The quantitative estimate of drug-likeness (QED) is 0.838. The van der Waals surface area contributed by atoms with Gasteiger partial charge in [-0.15, -0.1) is 0 Å². The number of imidazole rings is 1. The lowest BCUT2D eigenvalue weighted by Crippen LogP contribution is -2.02. The summed E-state index contributed by atoms with van der Waals surface area (Å²) in [6.45, 7) is 0. The summed E-state index contributed by atoms with van der Waals surface area (Å²) in [7, 11) is 0. The minimum absolute atomic E-state index is 0.488. The van der Waals surface area contributed by atoms with Crippen molar-refractivity contribution in [3.05, 3.63) is 53.1 Å². The molecule has 0 amide bonds. The highest BCUT2D eigenvalue weighted by Gasteiger charge is 2.11. The fraction of sp³-hybridized carbons (Fsp3) is 0.182. The van der Waals surface area contributed by atoms with Gasteiger partial charge in [0.05, 0.1) is 24.3 Å². The Bertz CT molecular complexity index is 428. The van der Waals surface area contributed by atoms with Crippen molar-refractivity contribution in [1.29, 1.82) is 0 Å². The molecule has 1 unspecified atom stereocenters. The molecule has 0 aliphatic rings. The summed E-state index contributed by atoms with van der Waals surface area (Å²) in [4.78, 5) is 6.73. The zero-order chi connectivity index (χ0) is 10.7. The number of aromatic nitrogens is 2. The molecule has 78 valence electrons. The van der Waals surface area contributed by atoms with Gasteiger partial charge in [0, 0.05) is 11.4 Å². The smallest absolute Gasteiger partial charge is 0.0994 e. The van der Waals surface area contributed by atoms with Crippen LogP contribution in [0.1, 0.15) is 17.4 Å². The van der Waals surface area contributed by atoms with E-state index >= 15 is 0 Å². The van der Waals surface area contributed by atoms with Crippen LogP contribution in [0, 0.1) is 0 Å². The number of hydrogen-bond acceptors (Lipinski definition) is 2. The summed E-state index contributed by atoms with van der Waals surface area (Å²) in [5, 5.41) is 10.5. The summed E-state index contributed by atoms with van der Waals surface area (Å²) < 4.78 is 0. The molecule has 2 aromatic rings. The molecule has 1 heterocycles. The van der Waals surface area contributed by atoms with Crippen LogP contribution in [-0.2, 0) is 6.42 Å². The molecule has 1 aromatic heterocycles. The molecule has 15 heavy (non-hydrogen) atoms. The van der Waals surface area contributed by atoms with Gasteiger partial charge < -0.3 is 10.1 Å². The predicted octanol–water partition coefficient (Wildman–Crippen LogP) is 2.34. The van der Waals surface area contributed by atoms with Crippen LogP contribution in [0.3, 0.4) is 0 Å². The molecule has 0 fully saturated rings. The Labute approximate surface area is 92.7 Å². The molecule has 1 atom stereocenters. The first kappa shape index (κ1) is 10.2. The number of halogens is 1. The Hall–Kier alpha value is -1.32. The number of nitrogens with one attached hydrogen (secondary N) is 1. The number of aromatic amines is 1. The van der Waals surface area contributed by atoms with Gasteiger partial charge in [0.15, 0.2) is 0 Å². The van der Waals surface area contributed by atoms with Crippen LogP contribution in [0.2, 0.25) is 5.02 Å². The van der Waals surface area contributed by atoms with E-state index in [0.29, 0.717) is 17.1 Å². The van der Waals surface area contributed by atoms with E-state index in [-0.39, 0.29) is 0 Å². The number of hydrogen-bond donors (Lipinski definition) is 2. The van der Waals surface area contributed by atoms with Crippen molar-refractivity contribution < 1.29 is 5.11 Å². The van der Waals surface area contributed by atoms with Crippen LogP contribution in [0.15, 0.2) is 36.8 Å². The molecule has 0 spiro atoms. The number of H-pyrrole nitrogens is 1. The van der Waals surface area contributed by atoms with Crippen molar-refractivity contribution in [3.63, 3.8) is 0 Å². The van der Waals surface area contributed by atoms with Gasteiger partial charge in [-0.3, -0.25) is 0 Å². The van der Waals surface area contributed by atoms with Gasteiger partial charge >= 0.3 is 0 Å². The molecular weight excluding hydrogens is 212 g/mol. The molecule has 1 aromatic carbocycles. The molecule has 0 aliphatic heterocycles. The normalized spacial score (nSPS) is 12.7. The highest BCUT2D eigenvalue weighted by molar-refractivity contribution is 6.31. The molecule has 3 nitrogen and oxygen atoms in total. The average Bonchev–Trinajstić information content (AvgIpc) is 2.74. The van der Waals surface area contributed by atoms with Gasteiger partial charge in [-0.2, -0.15) is 0 Å². The minimum Gasteiger partial charge on any atom is -0.386 e. The van der Waals surface area contributed by atoms with E-state index in [4.69, 9.17) is 11.6 Å². The Balaban J connectivity index is 2.13. The van der Waals surface area contributed by atoms with Crippen LogP contribution >= 0.6 is 11.6 Å². The van der Waals surface area contributed by atoms with Crippen LogP contribution in [0.25, 0.3) is 0 Å². The second-order valence-electron chi connectivity index (χ2n) is 3.32. The van der Waals surface area contributed by atoms with Crippen LogP contribution < -0.4 is 0 Å². The van der Waals surface area contributed by atoms with E-state index in [9.17, 15) is 5.11 Å². The molecule has 0 bridgehead atoms. The van der Waals surface area contributed by atoms with Gasteiger partial charge in [-0.25, -0.2) is 4.98 Å². The van der Waals surface area contributed by atoms with E-state index < -0.39 is 6.10 Å². The van der Waals surface area contributed by atoms with Gasteiger partial charge in [-0.1, -0.05) is 29.8 Å². The Morgan fingerprint density at radius 2 is 2.20 bits per heavy atom. The lowest BCUT2D eigenvalue weighted by molar-refractivity contribution is 0.174. The van der Waals surface area contributed by atoms with Gasteiger partial charge in [0.1, 0.15) is 0 Å². The first-order valence-corrected chi connectivity index (χ1v) is 5.05. The maximum absolute atomic E-state index is 9.86. The van der Waals surface area contributed by atoms with Crippen molar-refractivity contribution in [2.24, 2.45) is 0 Å². The van der Waals surface area contributed by atoms with Crippen LogP contribution in [-0.4, -0.2) is 15.1 Å². The highest BCUT2D eigenvalue weighted by Crippen LogP contribution is 2.21. The summed E-state index contributed by atoms with van der Waals surface area (Å²) >= 11 is 5.99. The standard InChI is InChI=1S/C11H11ClN2O/c12-9-4-2-1-3-8(9)5-11(15)10-6-13-7-14-10/h1-4,6-7,11,15H,5H2,(H,13,14). The number of aliphatic hydroxyl groups excluding tert-OH is 1. The maximum atomic E-state index is 9.86. The predicted molar refractivity (Wildman–Crippen MR) is 58.7 cm³/mol. The summed E-state index contributed by atoms with van der Waals surface area (Å²) in [5.41, 5.74) is 1.64. The maximum Gasteiger partial charge on any atom is 0.0994 e. The molecule has 0 radical (unpaired) electrons. The third kappa shape index (κ3) is 2.37. The summed E-state index contributed by atoms with van der Waals surface area (Å²) in [5.74, 6) is 0. The molecule has 2 N–H and O–H groups in total. The number of nitrogens with zero attached hydrogens (tertiary/aromatic N) is 1. The van der Waals surface area contributed by atoms with Gasteiger partial charge in [0.25, 0.3) is 0 Å². The Kier molecular flexibility index (Phi) is 3.04. The monoisotopic (exact) mass is 222 g/mol. The Morgan fingerprint density at radius 1 is 1.40 bits per heavy atom. The molecule has 0 saturated heterocycles. The van der Waals surface area contributed by atoms with Crippen molar-refractivity contribution in [3.8, 4) is 0 Å². The van der Waals surface area contributed by atoms with Gasteiger partial charge in [0.2, 0.25) is 0 Å². The minimum atomic E-state index is -0.590. The van der Waals surface area contributed by atoms with Crippen LogP contribution in [0.5, 0.6) is 0 Å². The topological polar surface area (TPSA) is 48.9 Å². The number of rotatable bonds is 3. The van der Waals surface area contributed by atoms with E-state index in [2.05, 4.69) is 9.97 Å². The van der Waals surface area contributed by atoms with Crippen LogP contribution in [0.4, 0.5) is 0 Å². The van der Waals surface area contributed by atoms with Crippen molar-refractivity contribution in [2.75, 3.05) is 0 Å². The second-order valence-corrected chi connectivity index (χ2v) is 3.73. The largest absolute Gasteiger partial charge is 0.386 e. The van der Waals surface area contributed by atoms with E-state index in [1.54, 1.807) is 12.5 Å². The molecule has 0 saturated carbocycles. The first-order valence-electron chi connectivity index (χ1n) is 4.67. The number of benzene rings is 1. The Morgan fingerprint density at radius 3 is 2.87 bits per heavy atom.